The number of aliphatic imine (C=N–C) groups is 1. The molecular formula is C21H23N5O2. The molecule has 1 fully saturated rings. The van der Waals surface area contributed by atoms with Crippen LogP contribution in [-0.4, -0.2) is 48.2 Å². The van der Waals surface area contributed by atoms with Crippen LogP contribution in [0.3, 0.4) is 0 Å². The number of amidine groups is 1. The molecule has 0 aliphatic carbocycles. The molecule has 2 N–H and O–H groups in total. The van der Waals surface area contributed by atoms with Gasteiger partial charge in [-0.05, 0) is 24.1 Å². The molecule has 0 spiro atoms. The minimum atomic E-state index is -0.278. The zero-order valence-corrected chi connectivity index (χ0v) is 15.5. The first kappa shape index (κ1) is 18.2. The number of hydrazine groups is 1. The number of hydrogen-bond donors (Lipinski definition) is 2. The second-order valence-corrected chi connectivity index (χ2v) is 7.02. The first-order valence-corrected chi connectivity index (χ1v) is 9.45. The minimum absolute atomic E-state index is 0.0462. The Bertz CT molecular complexity index is 869. The highest BCUT2D eigenvalue weighted by atomic mass is 16.2. The molecule has 2 aromatic rings. The third kappa shape index (κ3) is 4.20. The van der Waals surface area contributed by atoms with E-state index in [1.165, 1.54) is 10.6 Å². The molecule has 28 heavy (non-hydrogen) atoms. The number of carbonyl (C=O) groups excluding carboxylic acids is 2. The molecule has 7 nitrogen and oxygen atoms in total. The molecular weight excluding hydrogens is 354 g/mol. The Morgan fingerprint density at radius 1 is 1.11 bits per heavy atom. The number of amides is 2. The topological polar surface area (TPSA) is 77.0 Å². The Hall–Kier alpha value is -3.19. The molecule has 1 saturated heterocycles. The van der Waals surface area contributed by atoms with Crippen LogP contribution in [-0.2, 0) is 16.1 Å². The van der Waals surface area contributed by atoms with Crippen molar-refractivity contribution in [2.75, 3.05) is 24.6 Å². The fourth-order valence-electron chi connectivity index (χ4n) is 3.52. The molecule has 2 aromatic carbocycles. The Balaban J connectivity index is 1.33. The van der Waals surface area contributed by atoms with E-state index in [0.29, 0.717) is 5.69 Å². The molecule has 4 rings (SSSR count). The highest BCUT2D eigenvalue weighted by Crippen LogP contribution is 2.15. The molecule has 0 aromatic heterocycles. The van der Waals surface area contributed by atoms with E-state index in [0.717, 1.165) is 26.1 Å². The molecule has 2 amide bonds. The maximum absolute atomic E-state index is 12.6. The van der Waals surface area contributed by atoms with Crippen molar-refractivity contribution in [3.05, 3.63) is 66.2 Å². The second-order valence-electron chi connectivity index (χ2n) is 7.02. The summed E-state index contributed by atoms with van der Waals surface area (Å²) in [5.41, 5.74) is 4.80. The van der Waals surface area contributed by atoms with Crippen LogP contribution in [0.15, 0.2) is 65.7 Å². The summed E-state index contributed by atoms with van der Waals surface area (Å²) in [4.78, 5) is 31.2. The molecule has 2 heterocycles. The van der Waals surface area contributed by atoms with Crippen molar-refractivity contribution in [2.45, 2.75) is 19.0 Å². The predicted octanol–water partition coefficient (Wildman–Crippen LogP) is 1.33. The molecule has 144 valence electrons. The van der Waals surface area contributed by atoms with Crippen molar-refractivity contribution in [1.82, 2.24) is 15.6 Å². The summed E-state index contributed by atoms with van der Waals surface area (Å²) >= 11 is 0. The maximum atomic E-state index is 12.6. The van der Waals surface area contributed by atoms with Crippen molar-refractivity contribution in [3.63, 3.8) is 0 Å². The van der Waals surface area contributed by atoms with Gasteiger partial charge in [0.1, 0.15) is 6.54 Å². The molecule has 0 saturated carbocycles. The fourth-order valence-corrected chi connectivity index (χ4v) is 3.52. The van der Waals surface area contributed by atoms with Crippen LogP contribution in [0.2, 0.25) is 0 Å². The zero-order chi connectivity index (χ0) is 19.3. The van der Waals surface area contributed by atoms with Crippen LogP contribution in [0, 0.1) is 0 Å². The summed E-state index contributed by atoms with van der Waals surface area (Å²) in [6, 6.07) is 19.6. The Morgan fingerprint density at radius 2 is 1.82 bits per heavy atom. The van der Waals surface area contributed by atoms with Gasteiger partial charge in [0, 0.05) is 25.7 Å². The van der Waals surface area contributed by atoms with Gasteiger partial charge in [0.2, 0.25) is 5.84 Å². The lowest BCUT2D eigenvalue weighted by Crippen LogP contribution is -2.57. The number of rotatable bonds is 5. The number of anilines is 1. The van der Waals surface area contributed by atoms with Gasteiger partial charge in [0.25, 0.3) is 11.8 Å². The van der Waals surface area contributed by atoms with Crippen molar-refractivity contribution in [3.8, 4) is 0 Å². The van der Waals surface area contributed by atoms with Gasteiger partial charge >= 0.3 is 0 Å². The quantitative estimate of drug-likeness (QED) is 0.824. The van der Waals surface area contributed by atoms with E-state index in [1.54, 1.807) is 0 Å². The lowest BCUT2D eigenvalue weighted by molar-refractivity contribution is -0.118. The molecule has 0 unspecified atom stereocenters. The summed E-state index contributed by atoms with van der Waals surface area (Å²) in [7, 11) is 0. The summed E-state index contributed by atoms with van der Waals surface area (Å²) in [6.45, 7) is 2.57. The molecule has 2 aliphatic rings. The van der Waals surface area contributed by atoms with Crippen molar-refractivity contribution < 1.29 is 9.59 Å². The summed E-state index contributed by atoms with van der Waals surface area (Å²) in [5.74, 6) is -0.303. The van der Waals surface area contributed by atoms with Crippen LogP contribution in [0.1, 0.15) is 12.0 Å². The SMILES string of the molecule is O=C(N[C@H]1CCN(Cc2ccccc2)C1)C1=NCC(=O)N(c2ccccc2)N1. The van der Waals surface area contributed by atoms with Gasteiger partial charge in [-0.25, -0.2) is 5.01 Å². The summed E-state index contributed by atoms with van der Waals surface area (Å²) in [6.07, 6.45) is 0.896. The van der Waals surface area contributed by atoms with Gasteiger partial charge in [-0.15, -0.1) is 0 Å². The van der Waals surface area contributed by atoms with E-state index >= 15 is 0 Å². The highest BCUT2D eigenvalue weighted by Gasteiger charge is 2.29. The van der Waals surface area contributed by atoms with Gasteiger partial charge in [0.15, 0.2) is 0 Å². The zero-order valence-electron chi connectivity index (χ0n) is 15.5. The van der Waals surface area contributed by atoms with Crippen LogP contribution in [0.5, 0.6) is 0 Å². The van der Waals surface area contributed by atoms with E-state index in [2.05, 4.69) is 32.8 Å². The molecule has 7 heteroatoms. The average Bonchev–Trinajstić information content (AvgIpc) is 3.16. The van der Waals surface area contributed by atoms with Gasteiger partial charge in [-0.1, -0.05) is 48.5 Å². The first-order chi connectivity index (χ1) is 13.7. The van der Waals surface area contributed by atoms with E-state index in [-0.39, 0.29) is 30.2 Å². The number of nitrogens with one attached hydrogen (secondary N) is 2. The summed E-state index contributed by atoms with van der Waals surface area (Å²) in [5, 5.41) is 4.41. The normalized spacial score (nSPS) is 19.9. The van der Waals surface area contributed by atoms with Gasteiger partial charge in [0.05, 0.1) is 5.69 Å². The fraction of sp³-hybridized carbons (Fsp3) is 0.286. The lowest BCUT2D eigenvalue weighted by Gasteiger charge is -2.28. The van der Waals surface area contributed by atoms with Crippen LogP contribution < -0.4 is 15.8 Å². The van der Waals surface area contributed by atoms with Crippen LogP contribution >= 0.6 is 0 Å². The standard InChI is InChI=1S/C21H23N5O2/c27-19-13-22-20(24-26(19)18-9-5-2-6-10-18)21(28)23-17-11-12-25(15-17)14-16-7-3-1-4-8-16/h1-10,17H,11-15H2,(H,22,24)(H,23,28)/t17-/m0/s1. The second kappa shape index (κ2) is 8.22. The number of hydrogen-bond acceptors (Lipinski definition) is 5. The van der Waals surface area contributed by atoms with Crippen LogP contribution in [0.25, 0.3) is 0 Å². The molecule has 0 radical (unpaired) electrons. The smallest absolute Gasteiger partial charge is 0.288 e. The largest absolute Gasteiger partial charge is 0.345 e. The van der Waals surface area contributed by atoms with Gasteiger partial charge in [-0.2, -0.15) is 0 Å². The van der Waals surface area contributed by atoms with Gasteiger partial charge < -0.3 is 5.32 Å². The van der Waals surface area contributed by atoms with E-state index in [4.69, 9.17) is 0 Å². The lowest BCUT2D eigenvalue weighted by atomic mass is 10.2. The third-order valence-electron chi connectivity index (χ3n) is 4.93. The molecule has 1 atom stereocenters. The average molecular weight is 377 g/mol. The molecule has 2 aliphatic heterocycles. The third-order valence-corrected chi connectivity index (χ3v) is 4.93. The van der Waals surface area contributed by atoms with E-state index in [1.807, 2.05) is 48.5 Å². The van der Waals surface area contributed by atoms with E-state index < -0.39 is 0 Å². The Labute approximate surface area is 164 Å². The number of carbonyl (C=O) groups is 2. The van der Waals surface area contributed by atoms with Gasteiger partial charge in [-0.3, -0.25) is 24.9 Å². The van der Waals surface area contributed by atoms with E-state index in [9.17, 15) is 9.59 Å². The monoisotopic (exact) mass is 377 g/mol. The number of benzene rings is 2. The Kier molecular flexibility index (Phi) is 5.34. The minimum Gasteiger partial charge on any atom is -0.345 e. The predicted molar refractivity (Wildman–Crippen MR) is 108 cm³/mol. The van der Waals surface area contributed by atoms with Crippen molar-refractivity contribution >= 4 is 23.3 Å². The Morgan fingerprint density at radius 3 is 2.57 bits per heavy atom. The number of likely N-dealkylation sites (tertiary alicyclic amines) is 1. The summed E-state index contributed by atoms with van der Waals surface area (Å²) < 4.78 is 0. The van der Waals surface area contributed by atoms with Crippen LogP contribution in [0.4, 0.5) is 5.69 Å². The van der Waals surface area contributed by atoms with Crippen molar-refractivity contribution in [1.29, 1.82) is 0 Å². The highest BCUT2D eigenvalue weighted by molar-refractivity contribution is 6.39. The molecule has 0 bridgehead atoms. The number of para-hydroxylation sites is 1. The maximum Gasteiger partial charge on any atom is 0.288 e. The van der Waals surface area contributed by atoms with Crippen molar-refractivity contribution in [2.24, 2.45) is 4.99 Å². The first-order valence-electron chi connectivity index (χ1n) is 9.45. The number of nitrogens with zero attached hydrogens (tertiary/aromatic N) is 3.